The van der Waals surface area contributed by atoms with Gasteiger partial charge in [-0.1, -0.05) is 20.8 Å². The molecule has 1 N–H and O–H groups in total. The zero-order chi connectivity index (χ0) is 13.0. The first-order chi connectivity index (χ1) is 8.70. The SMILES string of the molecule is CCNC(C1CC(C)CC(C)C1)C1COCCO1. The van der Waals surface area contributed by atoms with Gasteiger partial charge in [0.25, 0.3) is 0 Å². The van der Waals surface area contributed by atoms with Gasteiger partial charge in [-0.25, -0.2) is 0 Å². The highest BCUT2D eigenvalue weighted by Gasteiger charge is 2.35. The van der Waals surface area contributed by atoms with Crippen molar-refractivity contribution >= 4 is 0 Å². The number of hydrogen-bond donors (Lipinski definition) is 1. The molecule has 106 valence electrons. The number of nitrogens with one attached hydrogen (secondary N) is 1. The molecular weight excluding hydrogens is 226 g/mol. The summed E-state index contributed by atoms with van der Waals surface area (Å²) in [7, 11) is 0. The molecule has 2 rings (SSSR count). The molecule has 18 heavy (non-hydrogen) atoms. The van der Waals surface area contributed by atoms with Gasteiger partial charge in [-0.3, -0.25) is 0 Å². The van der Waals surface area contributed by atoms with E-state index >= 15 is 0 Å². The van der Waals surface area contributed by atoms with Gasteiger partial charge in [0.1, 0.15) is 0 Å². The minimum atomic E-state index is 0.251. The minimum absolute atomic E-state index is 0.251. The molecule has 0 bridgehead atoms. The fourth-order valence-electron chi connectivity index (χ4n) is 3.85. The fraction of sp³-hybridized carbons (Fsp3) is 1.00. The standard InChI is InChI=1S/C15H29NO2/c1-4-16-15(14-10-17-5-6-18-14)13-8-11(2)7-12(3)9-13/h11-16H,4-10H2,1-3H3. The number of likely N-dealkylation sites (N-methyl/N-ethyl adjacent to an activating group) is 1. The van der Waals surface area contributed by atoms with Crippen LogP contribution in [0.1, 0.15) is 40.0 Å². The van der Waals surface area contributed by atoms with Gasteiger partial charge in [0.2, 0.25) is 0 Å². The molecule has 4 unspecified atom stereocenters. The van der Waals surface area contributed by atoms with Crippen molar-refractivity contribution in [3.05, 3.63) is 0 Å². The summed E-state index contributed by atoms with van der Waals surface area (Å²) in [6.45, 7) is 10.3. The maximum Gasteiger partial charge on any atom is 0.0964 e. The van der Waals surface area contributed by atoms with E-state index in [0.717, 1.165) is 44.1 Å². The smallest absolute Gasteiger partial charge is 0.0964 e. The summed E-state index contributed by atoms with van der Waals surface area (Å²) in [4.78, 5) is 0. The topological polar surface area (TPSA) is 30.5 Å². The quantitative estimate of drug-likeness (QED) is 0.837. The lowest BCUT2D eigenvalue weighted by Gasteiger charge is -2.41. The van der Waals surface area contributed by atoms with Crippen molar-refractivity contribution in [3.8, 4) is 0 Å². The van der Waals surface area contributed by atoms with Crippen LogP contribution in [0.25, 0.3) is 0 Å². The van der Waals surface area contributed by atoms with Gasteiger partial charge >= 0.3 is 0 Å². The van der Waals surface area contributed by atoms with E-state index in [1.54, 1.807) is 0 Å². The monoisotopic (exact) mass is 255 g/mol. The molecule has 0 radical (unpaired) electrons. The molecule has 3 nitrogen and oxygen atoms in total. The fourth-order valence-corrected chi connectivity index (χ4v) is 3.85. The van der Waals surface area contributed by atoms with E-state index < -0.39 is 0 Å². The lowest BCUT2D eigenvalue weighted by atomic mass is 9.72. The van der Waals surface area contributed by atoms with E-state index in [9.17, 15) is 0 Å². The molecule has 0 spiro atoms. The number of ether oxygens (including phenoxy) is 2. The van der Waals surface area contributed by atoms with Gasteiger partial charge in [-0.15, -0.1) is 0 Å². The third kappa shape index (κ3) is 3.69. The van der Waals surface area contributed by atoms with Crippen LogP contribution in [-0.4, -0.2) is 38.5 Å². The minimum Gasteiger partial charge on any atom is -0.376 e. The third-order valence-corrected chi connectivity index (χ3v) is 4.40. The van der Waals surface area contributed by atoms with Crippen molar-refractivity contribution in [1.29, 1.82) is 0 Å². The van der Waals surface area contributed by atoms with Gasteiger partial charge in [-0.05, 0) is 43.6 Å². The van der Waals surface area contributed by atoms with Crippen molar-refractivity contribution < 1.29 is 9.47 Å². The van der Waals surface area contributed by atoms with E-state index in [1.807, 2.05) is 0 Å². The summed E-state index contributed by atoms with van der Waals surface area (Å²) in [5.74, 6) is 2.45. The van der Waals surface area contributed by atoms with Crippen LogP contribution < -0.4 is 5.32 Å². The summed E-state index contributed by atoms with van der Waals surface area (Å²) in [5, 5.41) is 3.66. The summed E-state index contributed by atoms with van der Waals surface area (Å²) >= 11 is 0. The number of rotatable bonds is 4. The Balaban J connectivity index is 1.98. The van der Waals surface area contributed by atoms with Gasteiger partial charge in [0, 0.05) is 6.04 Å². The second-order valence-electron chi connectivity index (χ2n) is 6.25. The highest BCUT2D eigenvalue weighted by atomic mass is 16.6. The van der Waals surface area contributed by atoms with Crippen LogP contribution in [0.3, 0.4) is 0 Å². The first-order valence-electron chi connectivity index (χ1n) is 7.63. The molecule has 2 fully saturated rings. The number of hydrogen-bond acceptors (Lipinski definition) is 3. The highest BCUT2D eigenvalue weighted by Crippen LogP contribution is 2.36. The van der Waals surface area contributed by atoms with E-state index in [4.69, 9.17) is 9.47 Å². The van der Waals surface area contributed by atoms with E-state index in [-0.39, 0.29) is 6.10 Å². The van der Waals surface area contributed by atoms with Gasteiger partial charge in [-0.2, -0.15) is 0 Å². The van der Waals surface area contributed by atoms with Crippen molar-refractivity contribution in [1.82, 2.24) is 5.32 Å². The average Bonchev–Trinajstić information content (AvgIpc) is 2.36. The second kappa shape index (κ2) is 6.88. The van der Waals surface area contributed by atoms with E-state index in [1.165, 1.54) is 19.3 Å². The van der Waals surface area contributed by atoms with Crippen LogP contribution >= 0.6 is 0 Å². The molecule has 0 aromatic heterocycles. The van der Waals surface area contributed by atoms with E-state index in [2.05, 4.69) is 26.1 Å². The maximum atomic E-state index is 5.93. The average molecular weight is 255 g/mol. The molecule has 0 aromatic carbocycles. The zero-order valence-electron chi connectivity index (χ0n) is 12.2. The molecule has 2 aliphatic rings. The van der Waals surface area contributed by atoms with Crippen LogP contribution in [0.4, 0.5) is 0 Å². The summed E-state index contributed by atoms with van der Waals surface area (Å²) in [6, 6.07) is 0.473. The van der Waals surface area contributed by atoms with Gasteiger partial charge in [0.15, 0.2) is 0 Å². The lowest BCUT2D eigenvalue weighted by molar-refractivity contribution is -0.112. The maximum absolute atomic E-state index is 5.93. The Morgan fingerprint density at radius 3 is 2.39 bits per heavy atom. The summed E-state index contributed by atoms with van der Waals surface area (Å²) in [5.41, 5.74) is 0. The van der Waals surface area contributed by atoms with Gasteiger partial charge in [0.05, 0.1) is 25.9 Å². The Bertz CT molecular complexity index is 231. The Hall–Kier alpha value is -0.120. The largest absolute Gasteiger partial charge is 0.376 e. The Morgan fingerprint density at radius 2 is 1.83 bits per heavy atom. The van der Waals surface area contributed by atoms with Crippen LogP contribution in [-0.2, 0) is 9.47 Å². The zero-order valence-corrected chi connectivity index (χ0v) is 12.2. The second-order valence-corrected chi connectivity index (χ2v) is 6.25. The molecule has 1 saturated heterocycles. The Morgan fingerprint density at radius 1 is 1.11 bits per heavy atom. The Labute approximate surface area is 112 Å². The molecular formula is C15H29NO2. The summed E-state index contributed by atoms with van der Waals surface area (Å²) in [6.07, 6.45) is 4.31. The molecule has 3 heteroatoms. The molecule has 1 saturated carbocycles. The Kier molecular flexibility index (Phi) is 5.46. The van der Waals surface area contributed by atoms with E-state index in [0.29, 0.717) is 6.04 Å². The van der Waals surface area contributed by atoms with Crippen molar-refractivity contribution in [2.45, 2.75) is 52.2 Å². The first kappa shape index (κ1) is 14.3. The van der Waals surface area contributed by atoms with Gasteiger partial charge < -0.3 is 14.8 Å². The molecule has 1 heterocycles. The van der Waals surface area contributed by atoms with Crippen LogP contribution in [0.2, 0.25) is 0 Å². The highest BCUT2D eigenvalue weighted by molar-refractivity contribution is 4.89. The molecule has 0 aromatic rings. The van der Waals surface area contributed by atoms with Crippen LogP contribution in [0, 0.1) is 17.8 Å². The first-order valence-corrected chi connectivity index (χ1v) is 7.63. The van der Waals surface area contributed by atoms with Crippen LogP contribution in [0.5, 0.6) is 0 Å². The molecule has 4 atom stereocenters. The third-order valence-electron chi connectivity index (χ3n) is 4.40. The molecule has 0 amide bonds. The van der Waals surface area contributed by atoms with Crippen molar-refractivity contribution in [2.24, 2.45) is 17.8 Å². The molecule has 1 aliphatic carbocycles. The normalized spacial score (nSPS) is 39.5. The predicted octanol–water partition coefficient (Wildman–Crippen LogP) is 2.45. The van der Waals surface area contributed by atoms with Crippen LogP contribution in [0.15, 0.2) is 0 Å². The molecule has 1 aliphatic heterocycles. The predicted molar refractivity (Wildman–Crippen MR) is 73.7 cm³/mol. The summed E-state index contributed by atoms with van der Waals surface area (Å²) < 4.78 is 11.5. The van der Waals surface area contributed by atoms with Crippen molar-refractivity contribution in [3.63, 3.8) is 0 Å². The lowest BCUT2D eigenvalue weighted by Crippen LogP contribution is -2.52. The van der Waals surface area contributed by atoms with Crippen molar-refractivity contribution in [2.75, 3.05) is 26.4 Å².